The van der Waals surface area contributed by atoms with E-state index in [1.807, 2.05) is 42.5 Å². The normalized spacial score (nSPS) is 20.8. The summed E-state index contributed by atoms with van der Waals surface area (Å²) in [6.07, 6.45) is -0.596. The molecule has 2 aliphatic heterocycles. The van der Waals surface area contributed by atoms with Crippen molar-refractivity contribution in [2.45, 2.75) is 12.7 Å². The third-order valence-electron chi connectivity index (χ3n) is 4.84. The summed E-state index contributed by atoms with van der Waals surface area (Å²) in [6.45, 7) is 0.471. The van der Waals surface area contributed by atoms with E-state index < -0.39 is 12.2 Å². The third kappa shape index (κ3) is 2.74. The van der Waals surface area contributed by atoms with Crippen LogP contribution >= 0.6 is 0 Å². The van der Waals surface area contributed by atoms with Crippen LogP contribution in [0.5, 0.6) is 0 Å². The van der Waals surface area contributed by atoms with E-state index in [-0.39, 0.29) is 31.4 Å². The van der Waals surface area contributed by atoms with Gasteiger partial charge in [-0.25, -0.2) is 14.8 Å². The van der Waals surface area contributed by atoms with Crippen LogP contribution in [0.2, 0.25) is 0 Å². The Morgan fingerprint density at radius 3 is 2.69 bits per heavy atom. The number of piperazine rings is 1. The summed E-state index contributed by atoms with van der Waals surface area (Å²) in [6, 6.07) is 13.2. The summed E-state index contributed by atoms with van der Waals surface area (Å²) in [5.41, 5.74) is 6.60. The van der Waals surface area contributed by atoms with Gasteiger partial charge in [0.15, 0.2) is 0 Å². The maximum atomic E-state index is 12.5. The lowest BCUT2D eigenvalue weighted by molar-refractivity contribution is -0.174. The second kappa shape index (κ2) is 6.30. The Balaban J connectivity index is 1.67. The first kappa shape index (κ1) is 16.3. The van der Waals surface area contributed by atoms with Gasteiger partial charge in [-0.1, -0.05) is 42.5 Å². The monoisotopic (exact) mass is 353 g/mol. The molecule has 8 nitrogen and oxygen atoms in total. The van der Waals surface area contributed by atoms with Crippen molar-refractivity contribution in [2.24, 2.45) is 5.73 Å². The van der Waals surface area contributed by atoms with Gasteiger partial charge in [0.25, 0.3) is 0 Å². The number of amides is 4. The van der Waals surface area contributed by atoms with E-state index in [0.29, 0.717) is 6.54 Å². The molecule has 0 radical (unpaired) electrons. The highest BCUT2D eigenvalue weighted by Gasteiger charge is 2.43. The third-order valence-corrected chi connectivity index (χ3v) is 4.84. The maximum Gasteiger partial charge on any atom is 0.331 e. The van der Waals surface area contributed by atoms with Crippen LogP contribution in [0.3, 0.4) is 0 Å². The minimum absolute atomic E-state index is 0.00403. The Morgan fingerprint density at radius 1 is 1.12 bits per heavy atom. The molecular weight excluding hydrogens is 334 g/mol. The average molecular weight is 353 g/mol. The average Bonchev–Trinajstić information content (AvgIpc) is 2.62. The van der Waals surface area contributed by atoms with Crippen molar-refractivity contribution in [3.8, 4) is 0 Å². The number of hydrogen-bond acceptors (Lipinski definition) is 4. The lowest BCUT2D eigenvalue weighted by Crippen LogP contribution is -2.73. The Morgan fingerprint density at radius 2 is 1.88 bits per heavy atom. The van der Waals surface area contributed by atoms with E-state index in [1.54, 1.807) is 5.01 Å². The maximum absolute atomic E-state index is 12.5. The first-order chi connectivity index (χ1) is 12.5. The molecular formula is C18H19N5O3. The molecule has 2 saturated heterocycles. The molecule has 3 N–H and O–H groups in total. The highest BCUT2D eigenvalue weighted by molar-refractivity contribution is 5.89. The molecule has 0 saturated carbocycles. The van der Waals surface area contributed by atoms with Crippen LogP contribution in [0.1, 0.15) is 5.56 Å². The fraction of sp³-hybridized carbons (Fsp3) is 0.278. The number of benzene rings is 2. The smallest absolute Gasteiger partial charge is 0.331 e. The number of fused-ring (bicyclic) bond motifs is 2. The van der Waals surface area contributed by atoms with Crippen molar-refractivity contribution in [1.82, 2.24) is 20.2 Å². The minimum atomic E-state index is -0.649. The van der Waals surface area contributed by atoms with Crippen molar-refractivity contribution < 1.29 is 14.4 Å². The lowest BCUT2D eigenvalue weighted by Gasteiger charge is -2.50. The Hall–Kier alpha value is -3.13. The van der Waals surface area contributed by atoms with E-state index in [4.69, 9.17) is 5.73 Å². The number of rotatable bonds is 2. The van der Waals surface area contributed by atoms with Gasteiger partial charge in [-0.05, 0) is 16.3 Å². The van der Waals surface area contributed by atoms with Gasteiger partial charge in [0.05, 0.1) is 13.1 Å². The topological polar surface area (TPSA) is 99.0 Å². The Labute approximate surface area is 150 Å². The number of carbonyl (C=O) groups excluding carboxylic acids is 3. The molecule has 26 heavy (non-hydrogen) atoms. The van der Waals surface area contributed by atoms with E-state index in [1.165, 1.54) is 9.91 Å². The van der Waals surface area contributed by atoms with Crippen LogP contribution in [0.4, 0.5) is 4.79 Å². The number of urea groups is 1. The summed E-state index contributed by atoms with van der Waals surface area (Å²) in [5.74, 6) is -0.427. The second-order valence-corrected chi connectivity index (χ2v) is 6.45. The zero-order valence-electron chi connectivity index (χ0n) is 14.1. The van der Waals surface area contributed by atoms with Crippen LogP contribution in [0, 0.1) is 0 Å². The van der Waals surface area contributed by atoms with Gasteiger partial charge in [0, 0.05) is 6.54 Å². The molecule has 2 aromatic carbocycles. The number of nitrogens with two attached hydrogens (primary N) is 1. The molecule has 8 heteroatoms. The Bertz CT molecular complexity index is 894. The van der Waals surface area contributed by atoms with Crippen molar-refractivity contribution in [1.29, 1.82) is 0 Å². The molecule has 2 heterocycles. The fourth-order valence-corrected chi connectivity index (χ4v) is 3.66. The van der Waals surface area contributed by atoms with E-state index >= 15 is 0 Å². The van der Waals surface area contributed by atoms with Crippen LogP contribution in [-0.4, -0.2) is 58.6 Å². The minimum Gasteiger partial charge on any atom is -0.351 e. The summed E-state index contributed by atoms with van der Waals surface area (Å²) >= 11 is 0. The number of primary amides is 1. The molecule has 0 spiro atoms. The molecule has 0 aromatic heterocycles. The SMILES string of the molecule is NC(=O)N1C2CNC(=O)CN2C(=O)CN1Cc1cccc2ccccc12. The summed E-state index contributed by atoms with van der Waals surface area (Å²) in [5, 5.41) is 7.88. The largest absolute Gasteiger partial charge is 0.351 e. The number of nitrogens with one attached hydrogen (secondary N) is 1. The summed E-state index contributed by atoms with van der Waals surface area (Å²) < 4.78 is 0. The van der Waals surface area contributed by atoms with Gasteiger partial charge >= 0.3 is 6.03 Å². The van der Waals surface area contributed by atoms with Crippen molar-refractivity contribution in [3.63, 3.8) is 0 Å². The number of hydrogen-bond donors (Lipinski definition) is 2. The van der Waals surface area contributed by atoms with E-state index in [9.17, 15) is 14.4 Å². The van der Waals surface area contributed by atoms with Crippen LogP contribution in [0.15, 0.2) is 42.5 Å². The van der Waals surface area contributed by atoms with Crippen molar-refractivity contribution >= 4 is 28.6 Å². The summed E-state index contributed by atoms with van der Waals surface area (Å²) in [4.78, 5) is 37.7. The lowest BCUT2D eigenvalue weighted by atomic mass is 10.0. The highest BCUT2D eigenvalue weighted by Crippen LogP contribution is 2.24. The fourth-order valence-electron chi connectivity index (χ4n) is 3.66. The first-order valence-electron chi connectivity index (χ1n) is 8.41. The molecule has 1 atom stereocenters. The number of carbonyl (C=O) groups is 3. The van der Waals surface area contributed by atoms with Gasteiger partial charge in [-0.15, -0.1) is 0 Å². The quantitative estimate of drug-likeness (QED) is 0.808. The number of hydrazine groups is 1. The molecule has 0 bridgehead atoms. The molecule has 1 unspecified atom stereocenters. The molecule has 134 valence electrons. The van der Waals surface area contributed by atoms with Gasteiger partial charge in [-0.3, -0.25) is 9.59 Å². The molecule has 0 aliphatic carbocycles. The van der Waals surface area contributed by atoms with E-state index in [0.717, 1.165) is 16.3 Å². The van der Waals surface area contributed by atoms with Crippen molar-refractivity contribution in [2.75, 3.05) is 19.6 Å². The van der Waals surface area contributed by atoms with Crippen LogP contribution in [-0.2, 0) is 16.1 Å². The molecule has 2 aliphatic rings. The summed E-state index contributed by atoms with van der Waals surface area (Å²) in [7, 11) is 0. The van der Waals surface area contributed by atoms with Gasteiger partial charge < -0.3 is 16.0 Å². The number of nitrogens with zero attached hydrogens (tertiary/aromatic N) is 3. The van der Waals surface area contributed by atoms with E-state index in [2.05, 4.69) is 5.32 Å². The van der Waals surface area contributed by atoms with Crippen LogP contribution in [0.25, 0.3) is 10.8 Å². The standard InChI is InChI=1S/C18H19N5O3/c19-18(26)23-16-8-20-15(24)10-22(16)17(25)11-21(23)9-13-6-3-5-12-4-1-2-7-14(12)13/h1-7,16H,8-11H2,(H2,19,26)(H,20,24). The molecule has 2 fully saturated rings. The second-order valence-electron chi connectivity index (χ2n) is 6.45. The Kier molecular flexibility index (Phi) is 3.96. The van der Waals surface area contributed by atoms with Gasteiger partial charge in [0.1, 0.15) is 12.7 Å². The van der Waals surface area contributed by atoms with Gasteiger partial charge in [-0.2, -0.15) is 0 Å². The highest BCUT2D eigenvalue weighted by atomic mass is 16.2. The zero-order valence-corrected chi connectivity index (χ0v) is 14.1. The van der Waals surface area contributed by atoms with Crippen LogP contribution < -0.4 is 11.1 Å². The predicted octanol–water partition coefficient (Wildman–Crippen LogP) is 0.236. The predicted molar refractivity (Wildman–Crippen MR) is 94.3 cm³/mol. The zero-order chi connectivity index (χ0) is 18.3. The van der Waals surface area contributed by atoms with Crippen molar-refractivity contribution in [3.05, 3.63) is 48.0 Å². The molecule has 4 rings (SSSR count). The first-order valence-corrected chi connectivity index (χ1v) is 8.41. The molecule has 4 amide bonds. The molecule has 2 aromatic rings. The van der Waals surface area contributed by atoms with Gasteiger partial charge in [0.2, 0.25) is 11.8 Å².